The minimum atomic E-state index is 0.213. The summed E-state index contributed by atoms with van der Waals surface area (Å²) in [5.41, 5.74) is 0. The molecule has 18 heavy (non-hydrogen) atoms. The van der Waals surface area contributed by atoms with E-state index in [1.165, 1.54) is 0 Å². The van der Waals surface area contributed by atoms with Crippen molar-refractivity contribution in [2.75, 3.05) is 13.1 Å². The number of hydrogen-bond donors (Lipinski definition) is 1. The predicted molar refractivity (Wildman–Crippen MR) is 65.7 cm³/mol. The van der Waals surface area contributed by atoms with Gasteiger partial charge in [0.15, 0.2) is 0 Å². The van der Waals surface area contributed by atoms with Crippen LogP contribution in [0.4, 0.5) is 0 Å². The molecular formula is C12H15N5O. The van der Waals surface area contributed by atoms with Gasteiger partial charge >= 0.3 is 0 Å². The lowest BCUT2D eigenvalue weighted by Gasteiger charge is -2.23. The molecule has 0 amide bonds. The summed E-state index contributed by atoms with van der Waals surface area (Å²) in [5.74, 6) is 1.26. The number of nitrogens with zero attached hydrogens (tertiary/aromatic N) is 4. The van der Waals surface area contributed by atoms with Gasteiger partial charge in [0.1, 0.15) is 12.4 Å². The van der Waals surface area contributed by atoms with Crippen LogP contribution in [0.1, 0.15) is 12.8 Å². The minimum Gasteiger partial charge on any atom is -0.472 e. The van der Waals surface area contributed by atoms with Gasteiger partial charge in [-0.2, -0.15) is 0 Å². The Morgan fingerprint density at radius 3 is 2.78 bits per heavy atom. The van der Waals surface area contributed by atoms with Gasteiger partial charge in [-0.1, -0.05) is 0 Å². The number of nitrogens with one attached hydrogen (secondary N) is 1. The highest BCUT2D eigenvalue weighted by atomic mass is 16.5. The SMILES string of the molecule is c1cn(-c2nccnc2OC2CCNCC2)cn1. The van der Waals surface area contributed by atoms with E-state index in [0.717, 1.165) is 25.9 Å². The molecule has 1 N–H and O–H groups in total. The van der Waals surface area contributed by atoms with Gasteiger partial charge in [0.25, 0.3) is 5.88 Å². The topological polar surface area (TPSA) is 64.9 Å². The first-order valence-corrected chi connectivity index (χ1v) is 6.10. The Morgan fingerprint density at radius 1 is 1.17 bits per heavy atom. The zero-order valence-corrected chi connectivity index (χ0v) is 9.99. The molecule has 0 aliphatic carbocycles. The van der Waals surface area contributed by atoms with Crippen LogP contribution < -0.4 is 10.1 Å². The number of rotatable bonds is 3. The van der Waals surface area contributed by atoms with E-state index in [4.69, 9.17) is 4.74 Å². The third-order valence-electron chi connectivity index (χ3n) is 2.96. The molecule has 2 aromatic heterocycles. The fourth-order valence-electron chi connectivity index (χ4n) is 2.03. The van der Waals surface area contributed by atoms with E-state index < -0.39 is 0 Å². The van der Waals surface area contributed by atoms with Crippen LogP contribution >= 0.6 is 0 Å². The summed E-state index contributed by atoms with van der Waals surface area (Å²) in [6.07, 6.45) is 10.8. The number of aromatic nitrogens is 4. The van der Waals surface area contributed by atoms with E-state index in [9.17, 15) is 0 Å². The molecule has 1 fully saturated rings. The smallest absolute Gasteiger partial charge is 0.258 e. The van der Waals surface area contributed by atoms with E-state index in [0.29, 0.717) is 11.7 Å². The summed E-state index contributed by atoms with van der Waals surface area (Å²) in [4.78, 5) is 12.6. The highest BCUT2D eigenvalue weighted by molar-refractivity contribution is 5.33. The first-order valence-electron chi connectivity index (χ1n) is 6.10. The van der Waals surface area contributed by atoms with Gasteiger partial charge in [-0.3, -0.25) is 4.57 Å². The van der Waals surface area contributed by atoms with Crippen molar-refractivity contribution in [3.05, 3.63) is 31.1 Å². The largest absolute Gasteiger partial charge is 0.472 e. The molecule has 3 rings (SSSR count). The van der Waals surface area contributed by atoms with Crippen molar-refractivity contribution in [3.63, 3.8) is 0 Å². The maximum atomic E-state index is 5.95. The van der Waals surface area contributed by atoms with Gasteiger partial charge < -0.3 is 10.1 Å². The third-order valence-corrected chi connectivity index (χ3v) is 2.96. The zero-order chi connectivity index (χ0) is 12.2. The second kappa shape index (κ2) is 5.14. The Morgan fingerprint density at radius 2 is 2.00 bits per heavy atom. The molecule has 0 saturated carbocycles. The second-order valence-corrected chi connectivity index (χ2v) is 4.22. The van der Waals surface area contributed by atoms with E-state index in [-0.39, 0.29) is 6.10 Å². The first-order chi connectivity index (χ1) is 8.93. The van der Waals surface area contributed by atoms with Gasteiger partial charge in [0.05, 0.1) is 0 Å². The molecule has 0 atom stereocenters. The molecule has 6 heteroatoms. The van der Waals surface area contributed by atoms with E-state index in [1.54, 1.807) is 24.9 Å². The standard InChI is InChI=1S/C12H15N5O/c1-3-13-4-2-10(1)18-12-11(15-5-6-16-12)17-8-7-14-9-17/h5-10,13H,1-4H2. The summed E-state index contributed by atoms with van der Waals surface area (Å²) in [6.45, 7) is 1.98. The van der Waals surface area contributed by atoms with E-state index >= 15 is 0 Å². The van der Waals surface area contributed by atoms with Crippen LogP contribution in [-0.2, 0) is 0 Å². The number of imidazole rings is 1. The van der Waals surface area contributed by atoms with Crippen molar-refractivity contribution in [1.82, 2.24) is 24.8 Å². The normalized spacial score (nSPS) is 16.7. The number of ether oxygens (including phenoxy) is 1. The van der Waals surface area contributed by atoms with Crippen molar-refractivity contribution in [2.45, 2.75) is 18.9 Å². The Balaban J connectivity index is 1.83. The fourth-order valence-corrected chi connectivity index (χ4v) is 2.03. The highest BCUT2D eigenvalue weighted by Crippen LogP contribution is 2.20. The van der Waals surface area contributed by atoms with Crippen LogP contribution in [0.5, 0.6) is 5.88 Å². The average molecular weight is 245 g/mol. The molecule has 1 aliphatic rings. The molecule has 94 valence electrons. The van der Waals surface area contributed by atoms with Gasteiger partial charge in [-0.15, -0.1) is 0 Å². The van der Waals surface area contributed by atoms with Gasteiger partial charge in [-0.25, -0.2) is 15.0 Å². The fraction of sp³-hybridized carbons (Fsp3) is 0.417. The monoisotopic (exact) mass is 245 g/mol. The van der Waals surface area contributed by atoms with Crippen LogP contribution in [-0.4, -0.2) is 38.7 Å². The Labute approximate surface area is 105 Å². The summed E-state index contributed by atoms with van der Waals surface area (Å²) < 4.78 is 7.76. The highest BCUT2D eigenvalue weighted by Gasteiger charge is 2.17. The van der Waals surface area contributed by atoms with E-state index in [1.807, 2.05) is 10.8 Å². The lowest BCUT2D eigenvalue weighted by atomic mass is 10.1. The summed E-state index contributed by atoms with van der Waals surface area (Å²) in [5, 5.41) is 3.31. The van der Waals surface area contributed by atoms with Crippen molar-refractivity contribution >= 4 is 0 Å². The molecule has 2 aromatic rings. The molecular weight excluding hydrogens is 230 g/mol. The van der Waals surface area contributed by atoms with Crippen molar-refractivity contribution < 1.29 is 4.74 Å². The molecule has 0 spiro atoms. The van der Waals surface area contributed by atoms with Crippen LogP contribution in [0.2, 0.25) is 0 Å². The molecule has 0 unspecified atom stereocenters. The van der Waals surface area contributed by atoms with Crippen molar-refractivity contribution in [3.8, 4) is 11.7 Å². The van der Waals surface area contributed by atoms with Gasteiger partial charge in [0, 0.05) is 24.8 Å². The van der Waals surface area contributed by atoms with Crippen molar-refractivity contribution in [2.24, 2.45) is 0 Å². The Bertz CT molecular complexity index is 493. The van der Waals surface area contributed by atoms with Crippen LogP contribution in [0, 0.1) is 0 Å². The minimum absolute atomic E-state index is 0.213. The quantitative estimate of drug-likeness (QED) is 0.866. The summed E-state index contributed by atoms with van der Waals surface area (Å²) in [7, 11) is 0. The van der Waals surface area contributed by atoms with Crippen LogP contribution in [0.25, 0.3) is 5.82 Å². The first kappa shape index (κ1) is 11.2. The van der Waals surface area contributed by atoms with Gasteiger partial charge in [-0.05, 0) is 25.9 Å². The molecule has 6 nitrogen and oxygen atoms in total. The predicted octanol–water partition coefficient (Wildman–Crippen LogP) is 0.793. The molecule has 0 radical (unpaired) electrons. The molecule has 1 aliphatic heterocycles. The van der Waals surface area contributed by atoms with Crippen LogP contribution in [0.3, 0.4) is 0 Å². The van der Waals surface area contributed by atoms with Crippen molar-refractivity contribution in [1.29, 1.82) is 0 Å². The second-order valence-electron chi connectivity index (χ2n) is 4.22. The Kier molecular flexibility index (Phi) is 3.18. The maximum absolute atomic E-state index is 5.95. The maximum Gasteiger partial charge on any atom is 0.258 e. The lowest BCUT2D eigenvalue weighted by molar-refractivity contribution is 0.155. The van der Waals surface area contributed by atoms with Gasteiger partial charge in [0.2, 0.25) is 5.82 Å². The average Bonchev–Trinajstić information content (AvgIpc) is 2.94. The molecule has 0 bridgehead atoms. The Hall–Kier alpha value is -1.95. The lowest BCUT2D eigenvalue weighted by Crippen LogP contribution is -2.34. The van der Waals surface area contributed by atoms with Crippen LogP contribution in [0.15, 0.2) is 31.1 Å². The number of hydrogen-bond acceptors (Lipinski definition) is 5. The summed E-state index contributed by atoms with van der Waals surface area (Å²) >= 11 is 0. The summed E-state index contributed by atoms with van der Waals surface area (Å²) in [6, 6.07) is 0. The van der Waals surface area contributed by atoms with E-state index in [2.05, 4.69) is 20.3 Å². The molecule has 0 aromatic carbocycles. The number of piperidine rings is 1. The molecule has 3 heterocycles. The third kappa shape index (κ3) is 2.33. The molecule has 1 saturated heterocycles. The zero-order valence-electron chi connectivity index (χ0n) is 9.99.